The Kier molecular flexibility index (Phi) is 6.77. The van der Waals surface area contributed by atoms with Crippen molar-refractivity contribution < 1.29 is 4.74 Å². The molecule has 0 amide bonds. The van der Waals surface area contributed by atoms with Gasteiger partial charge < -0.3 is 4.74 Å². The molecule has 102 valence electrons. The molecule has 0 saturated carbocycles. The van der Waals surface area contributed by atoms with E-state index in [-0.39, 0.29) is 0 Å². The van der Waals surface area contributed by atoms with Crippen LogP contribution in [0.2, 0.25) is 0 Å². The second-order valence-electron chi connectivity index (χ2n) is 5.84. The van der Waals surface area contributed by atoms with Crippen LogP contribution in [-0.4, -0.2) is 11.4 Å². The van der Waals surface area contributed by atoms with E-state index in [9.17, 15) is 0 Å². The van der Waals surface area contributed by atoms with Crippen LogP contribution in [0.25, 0.3) is 0 Å². The number of rotatable bonds is 7. The molecule has 0 N–H and O–H groups in total. The van der Waals surface area contributed by atoms with Gasteiger partial charge in [-0.25, -0.2) is 0 Å². The average Bonchev–Trinajstić information content (AvgIpc) is 2.33. The summed E-state index contributed by atoms with van der Waals surface area (Å²) < 4.78 is 5.67. The molecule has 0 saturated heterocycles. The van der Waals surface area contributed by atoms with Crippen LogP contribution in [0.3, 0.4) is 0 Å². The Morgan fingerprint density at radius 3 is 2.33 bits per heavy atom. The first-order valence-corrected chi connectivity index (χ1v) is 7.73. The second-order valence-corrected chi connectivity index (χ2v) is 6.95. The third-order valence-electron chi connectivity index (χ3n) is 3.05. The number of hydrogen-bond acceptors (Lipinski definition) is 1. The number of hydrogen-bond donors (Lipinski definition) is 0. The van der Waals surface area contributed by atoms with Gasteiger partial charge in [0.2, 0.25) is 0 Å². The predicted octanol–water partition coefficient (Wildman–Crippen LogP) is 5.44. The van der Waals surface area contributed by atoms with Crippen molar-refractivity contribution in [3.8, 4) is 5.75 Å². The molecule has 18 heavy (non-hydrogen) atoms. The van der Waals surface area contributed by atoms with E-state index >= 15 is 0 Å². The minimum Gasteiger partial charge on any atom is -0.494 e. The monoisotopic (exact) mass is 312 g/mol. The van der Waals surface area contributed by atoms with Gasteiger partial charge in [-0.1, -0.05) is 67.7 Å². The molecule has 0 fully saturated rings. The van der Waals surface area contributed by atoms with Crippen molar-refractivity contribution in [1.82, 2.24) is 0 Å². The van der Waals surface area contributed by atoms with Crippen LogP contribution >= 0.6 is 15.9 Å². The summed E-state index contributed by atoms with van der Waals surface area (Å²) in [6, 6.07) is 10.0. The molecule has 0 bridgehead atoms. The van der Waals surface area contributed by atoms with Crippen LogP contribution in [0.4, 0.5) is 0 Å². The zero-order valence-electron chi connectivity index (χ0n) is 11.8. The average molecular weight is 313 g/mol. The van der Waals surface area contributed by atoms with E-state index in [1.54, 1.807) is 0 Å². The summed E-state index contributed by atoms with van der Waals surface area (Å²) in [5.74, 6) is 0.977. The van der Waals surface area contributed by atoms with Crippen LogP contribution in [0.15, 0.2) is 30.3 Å². The van der Waals surface area contributed by atoms with E-state index in [1.807, 2.05) is 30.3 Å². The number of benzene rings is 1. The number of alkyl halides is 1. The standard InChI is InChI=1S/C16H25BrO/c1-16(2,3)15(17)12-8-5-9-13-18-14-10-6-4-7-11-14/h4,6-7,10-11,15H,5,8-9,12-13H2,1-3H3. The lowest BCUT2D eigenvalue weighted by atomic mass is 9.89. The zero-order chi connectivity index (χ0) is 13.4. The minimum atomic E-state index is 0.362. The largest absolute Gasteiger partial charge is 0.494 e. The Bertz CT molecular complexity index is 316. The van der Waals surface area contributed by atoms with E-state index in [2.05, 4.69) is 36.7 Å². The molecule has 1 aromatic rings. The lowest BCUT2D eigenvalue weighted by molar-refractivity contribution is 0.301. The van der Waals surface area contributed by atoms with E-state index < -0.39 is 0 Å². The Labute approximate surface area is 120 Å². The third kappa shape index (κ3) is 6.44. The van der Waals surface area contributed by atoms with E-state index in [4.69, 9.17) is 4.74 Å². The zero-order valence-corrected chi connectivity index (χ0v) is 13.4. The molecule has 1 rings (SSSR count). The highest BCUT2D eigenvalue weighted by atomic mass is 79.9. The Morgan fingerprint density at radius 1 is 1.06 bits per heavy atom. The summed E-state index contributed by atoms with van der Waals surface area (Å²) in [7, 11) is 0. The SMILES string of the molecule is CC(C)(C)C(Br)CCCCCOc1ccccc1. The summed E-state index contributed by atoms with van der Waals surface area (Å²) in [6.07, 6.45) is 4.89. The Morgan fingerprint density at radius 2 is 1.72 bits per heavy atom. The maximum atomic E-state index is 5.67. The first-order valence-electron chi connectivity index (χ1n) is 6.82. The lowest BCUT2D eigenvalue weighted by Crippen LogP contribution is -2.19. The smallest absolute Gasteiger partial charge is 0.119 e. The van der Waals surface area contributed by atoms with Crippen molar-refractivity contribution in [1.29, 1.82) is 0 Å². The number of unbranched alkanes of at least 4 members (excludes halogenated alkanes) is 2. The molecule has 2 heteroatoms. The summed E-state index contributed by atoms with van der Waals surface area (Å²) in [5, 5.41) is 0. The van der Waals surface area contributed by atoms with Gasteiger partial charge in [-0.3, -0.25) is 0 Å². The highest BCUT2D eigenvalue weighted by Gasteiger charge is 2.20. The molecule has 1 nitrogen and oxygen atoms in total. The van der Waals surface area contributed by atoms with Gasteiger partial charge in [0.05, 0.1) is 6.61 Å². The maximum absolute atomic E-state index is 5.67. The highest BCUT2D eigenvalue weighted by molar-refractivity contribution is 9.09. The van der Waals surface area contributed by atoms with Crippen LogP contribution < -0.4 is 4.74 Å². The number of para-hydroxylation sites is 1. The fourth-order valence-electron chi connectivity index (χ4n) is 1.74. The van der Waals surface area contributed by atoms with E-state index in [0.717, 1.165) is 18.8 Å². The summed E-state index contributed by atoms with van der Waals surface area (Å²) in [5.41, 5.74) is 0.362. The van der Waals surface area contributed by atoms with Crippen LogP contribution in [0.1, 0.15) is 46.5 Å². The fourth-order valence-corrected chi connectivity index (χ4v) is 2.07. The number of ether oxygens (including phenoxy) is 1. The molecule has 0 spiro atoms. The predicted molar refractivity (Wildman–Crippen MR) is 82.6 cm³/mol. The van der Waals surface area contributed by atoms with Gasteiger partial charge in [0.25, 0.3) is 0 Å². The summed E-state index contributed by atoms with van der Waals surface area (Å²) in [4.78, 5) is 0.611. The molecule has 1 aromatic carbocycles. The summed E-state index contributed by atoms with van der Waals surface area (Å²) in [6.45, 7) is 7.67. The van der Waals surface area contributed by atoms with E-state index in [1.165, 1.54) is 19.3 Å². The molecule has 1 atom stereocenters. The first kappa shape index (κ1) is 15.6. The molecule has 1 unspecified atom stereocenters. The van der Waals surface area contributed by atoms with Crippen molar-refractivity contribution >= 4 is 15.9 Å². The van der Waals surface area contributed by atoms with Crippen molar-refractivity contribution in [3.05, 3.63) is 30.3 Å². The number of halogens is 1. The fraction of sp³-hybridized carbons (Fsp3) is 0.625. The molecule has 0 aliphatic rings. The van der Waals surface area contributed by atoms with Gasteiger partial charge in [-0.2, -0.15) is 0 Å². The quantitative estimate of drug-likeness (QED) is 0.481. The van der Waals surface area contributed by atoms with Crippen LogP contribution in [-0.2, 0) is 0 Å². The summed E-state index contributed by atoms with van der Waals surface area (Å²) >= 11 is 3.77. The molecule has 0 heterocycles. The van der Waals surface area contributed by atoms with Crippen molar-refractivity contribution in [3.63, 3.8) is 0 Å². The van der Waals surface area contributed by atoms with Gasteiger partial charge in [-0.05, 0) is 30.4 Å². The maximum Gasteiger partial charge on any atom is 0.119 e. The third-order valence-corrected chi connectivity index (χ3v) is 4.88. The molecule has 0 aliphatic heterocycles. The van der Waals surface area contributed by atoms with Crippen molar-refractivity contribution in [2.24, 2.45) is 5.41 Å². The van der Waals surface area contributed by atoms with E-state index in [0.29, 0.717) is 10.2 Å². The highest BCUT2D eigenvalue weighted by Crippen LogP contribution is 2.30. The molecule has 0 radical (unpaired) electrons. The van der Waals surface area contributed by atoms with Crippen molar-refractivity contribution in [2.45, 2.75) is 51.3 Å². The topological polar surface area (TPSA) is 9.23 Å². The molecular formula is C16H25BrO. The lowest BCUT2D eigenvalue weighted by Gasteiger charge is -2.25. The molecule has 0 aliphatic carbocycles. The molecular weight excluding hydrogens is 288 g/mol. The second kappa shape index (κ2) is 7.83. The minimum absolute atomic E-state index is 0.362. The Balaban J connectivity index is 2.03. The van der Waals surface area contributed by atoms with Gasteiger partial charge in [0, 0.05) is 4.83 Å². The normalized spacial score (nSPS) is 13.3. The Hall–Kier alpha value is -0.500. The molecule has 0 aromatic heterocycles. The van der Waals surface area contributed by atoms with Gasteiger partial charge in [0.15, 0.2) is 0 Å². The van der Waals surface area contributed by atoms with Gasteiger partial charge in [-0.15, -0.1) is 0 Å². The van der Waals surface area contributed by atoms with Crippen LogP contribution in [0, 0.1) is 5.41 Å². The van der Waals surface area contributed by atoms with Gasteiger partial charge in [0.1, 0.15) is 5.75 Å². The first-order chi connectivity index (χ1) is 8.50. The van der Waals surface area contributed by atoms with Crippen molar-refractivity contribution in [2.75, 3.05) is 6.61 Å². The van der Waals surface area contributed by atoms with Crippen LogP contribution in [0.5, 0.6) is 5.75 Å². The van der Waals surface area contributed by atoms with Gasteiger partial charge >= 0.3 is 0 Å².